The molecule has 0 unspecified atom stereocenters. The normalized spacial score (nSPS) is 12.3. The number of amides is 3. The highest BCUT2D eigenvalue weighted by Crippen LogP contribution is 2.30. The van der Waals surface area contributed by atoms with E-state index in [1.54, 1.807) is 0 Å². The fourth-order valence-electron chi connectivity index (χ4n) is 3.38. The van der Waals surface area contributed by atoms with Crippen molar-refractivity contribution in [2.24, 2.45) is 0 Å². The van der Waals surface area contributed by atoms with Gasteiger partial charge in [-0.25, -0.2) is 9.69 Å². The molecule has 10 nitrogen and oxygen atoms in total. The largest absolute Gasteiger partial charge is 0.465 e. The fraction of sp³-hybridized carbons (Fsp3) is 0.0435. The average Bonchev–Trinajstić information content (AvgIpc) is 3.08. The van der Waals surface area contributed by atoms with Gasteiger partial charge < -0.3 is 10.1 Å². The van der Waals surface area contributed by atoms with Gasteiger partial charge in [-0.3, -0.25) is 24.5 Å². The number of imide groups is 1. The smallest absolute Gasteiger partial charge is 0.337 e. The zero-order valence-corrected chi connectivity index (χ0v) is 17.1. The van der Waals surface area contributed by atoms with Gasteiger partial charge >= 0.3 is 5.97 Å². The molecule has 1 aliphatic heterocycles. The molecule has 0 saturated carbocycles. The highest BCUT2D eigenvalue weighted by atomic mass is 16.6. The van der Waals surface area contributed by atoms with E-state index < -0.39 is 28.6 Å². The van der Waals surface area contributed by atoms with Gasteiger partial charge in [-0.2, -0.15) is 0 Å². The van der Waals surface area contributed by atoms with Crippen LogP contribution in [-0.2, 0) is 4.74 Å². The van der Waals surface area contributed by atoms with Gasteiger partial charge in [-0.1, -0.05) is 6.07 Å². The topological polar surface area (TPSA) is 136 Å². The Morgan fingerprint density at radius 2 is 1.61 bits per heavy atom. The number of anilines is 2. The van der Waals surface area contributed by atoms with Crippen molar-refractivity contribution in [2.75, 3.05) is 17.3 Å². The number of nitro groups is 1. The summed E-state index contributed by atoms with van der Waals surface area (Å²) < 4.78 is 4.64. The van der Waals surface area contributed by atoms with E-state index in [4.69, 9.17) is 0 Å². The third-order valence-corrected chi connectivity index (χ3v) is 5.01. The van der Waals surface area contributed by atoms with Crippen molar-refractivity contribution in [3.8, 4) is 0 Å². The maximum absolute atomic E-state index is 12.9. The summed E-state index contributed by atoms with van der Waals surface area (Å²) in [5.41, 5.74) is 0.874. The molecule has 0 fully saturated rings. The summed E-state index contributed by atoms with van der Waals surface area (Å²) in [6.45, 7) is 0. The van der Waals surface area contributed by atoms with Crippen molar-refractivity contribution in [3.05, 3.63) is 99.1 Å². The van der Waals surface area contributed by atoms with Crippen LogP contribution in [0.15, 0.2) is 66.7 Å². The van der Waals surface area contributed by atoms with Crippen molar-refractivity contribution in [2.45, 2.75) is 0 Å². The minimum absolute atomic E-state index is 0.0689. The van der Waals surface area contributed by atoms with E-state index in [-0.39, 0.29) is 39.3 Å². The molecule has 10 heteroatoms. The molecule has 4 rings (SSSR count). The second-order valence-electron chi connectivity index (χ2n) is 7.01. The number of nitro benzene ring substituents is 1. The van der Waals surface area contributed by atoms with Crippen LogP contribution in [0.3, 0.4) is 0 Å². The van der Waals surface area contributed by atoms with Crippen molar-refractivity contribution in [1.29, 1.82) is 0 Å². The Labute approximate surface area is 186 Å². The Hall–Kier alpha value is -4.86. The number of hydrogen-bond acceptors (Lipinski definition) is 7. The van der Waals surface area contributed by atoms with Crippen molar-refractivity contribution in [3.63, 3.8) is 0 Å². The van der Waals surface area contributed by atoms with Crippen LogP contribution in [0.5, 0.6) is 0 Å². The molecule has 0 radical (unpaired) electrons. The van der Waals surface area contributed by atoms with Crippen molar-refractivity contribution < 1.29 is 28.8 Å². The lowest BCUT2D eigenvalue weighted by atomic mass is 10.1. The number of non-ortho nitro benzene ring substituents is 1. The molecule has 0 aromatic heterocycles. The molecule has 3 amide bonds. The summed E-state index contributed by atoms with van der Waals surface area (Å²) in [5.74, 6) is -2.29. The second kappa shape index (κ2) is 8.35. The number of fused-ring (bicyclic) bond motifs is 1. The molecule has 33 heavy (non-hydrogen) atoms. The lowest BCUT2D eigenvalue weighted by Crippen LogP contribution is -2.29. The van der Waals surface area contributed by atoms with Gasteiger partial charge in [0.1, 0.15) is 0 Å². The zero-order valence-electron chi connectivity index (χ0n) is 17.1. The number of carbonyl (C=O) groups excluding carboxylic acids is 4. The number of esters is 1. The summed E-state index contributed by atoms with van der Waals surface area (Å²) in [5, 5.41) is 13.5. The van der Waals surface area contributed by atoms with Gasteiger partial charge in [0.15, 0.2) is 0 Å². The molecule has 3 aromatic carbocycles. The van der Waals surface area contributed by atoms with E-state index in [1.165, 1.54) is 67.8 Å². The fourth-order valence-corrected chi connectivity index (χ4v) is 3.38. The Bertz CT molecular complexity index is 1330. The summed E-state index contributed by atoms with van der Waals surface area (Å²) >= 11 is 0. The van der Waals surface area contributed by atoms with Crippen LogP contribution in [0.1, 0.15) is 41.4 Å². The first-order valence-electron chi connectivity index (χ1n) is 9.57. The Morgan fingerprint density at radius 1 is 0.909 bits per heavy atom. The van der Waals surface area contributed by atoms with Gasteiger partial charge in [0.25, 0.3) is 23.4 Å². The standard InChI is InChI=1S/C23H15N3O7/c1-33-23(30)13-5-8-16(9-6-13)25-21(28)18-10-7-15(12-19(18)22(25)29)24-20(27)14-3-2-4-17(11-14)26(31)32/h2-12H,1H3,(H,24,27). The predicted octanol–water partition coefficient (Wildman–Crippen LogP) is 3.43. The summed E-state index contributed by atoms with van der Waals surface area (Å²) in [6.07, 6.45) is 0. The van der Waals surface area contributed by atoms with Crippen LogP contribution in [0.25, 0.3) is 0 Å². The predicted molar refractivity (Wildman–Crippen MR) is 116 cm³/mol. The van der Waals surface area contributed by atoms with E-state index >= 15 is 0 Å². The minimum Gasteiger partial charge on any atom is -0.465 e. The van der Waals surface area contributed by atoms with Gasteiger partial charge in [-0.05, 0) is 48.5 Å². The van der Waals surface area contributed by atoms with Crippen molar-refractivity contribution >= 4 is 40.8 Å². The highest BCUT2D eigenvalue weighted by Gasteiger charge is 2.37. The Morgan fingerprint density at radius 3 is 2.27 bits per heavy atom. The molecule has 0 saturated heterocycles. The first kappa shape index (κ1) is 21.4. The number of ether oxygens (including phenoxy) is 1. The van der Waals surface area contributed by atoms with Gasteiger partial charge in [0, 0.05) is 23.4 Å². The maximum atomic E-state index is 12.9. The zero-order chi connectivity index (χ0) is 23.7. The molecule has 0 spiro atoms. The van der Waals surface area contributed by atoms with Crippen molar-refractivity contribution in [1.82, 2.24) is 0 Å². The number of nitrogens with zero attached hydrogens (tertiary/aromatic N) is 2. The monoisotopic (exact) mass is 445 g/mol. The highest BCUT2D eigenvalue weighted by molar-refractivity contribution is 6.34. The summed E-state index contributed by atoms with van der Waals surface area (Å²) in [7, 11) is 1.25. The van der Waals surface area contributed by atoms with Crippen LogP contribution in [0, 0.1) is 10.1 Å². The molecule has 3 aromatic rings. The molecule has 1 N–H and O–H groups in total. The van der Waals surface area contributed by atoms with Gasteiger partial charge in [0.05, 0.1) is 34.4 Å². The molecule has 0 bridgehead atoms. The van der Waals surface area contributed by atoms with Crippen LogP contribution in [0.4, 0.5) is 17.1 Å². The van der Waals surface area contributed by atoms with Crippen LogP contribution in [0.2, 0.25) is 0 Å². The van der Waals surface area contributed by atoms with Crippen LogP contribution < -0.4 is 10.2 Å². The molecular weight excluding hydrogens is 430 g/mol. The summed E-state index contributed by atoms with van der Waals surface area (Å²) in [4.78, 5) is 61.1. The van der Waals surface area contributed by atoms with E-state index in [9.17, 15) is 29.3 Å². The first-order chi connectivity index (χ1) is 15.8. The maximum Gasteiger partial charge on any atom is 0.337 e. The van der Waals surface area contributed by atoms with Crippen LogP contribution in [-0.4, -0.2) is 35.7 Å². The van der Waals surface area contributed by atoms with E-state index in [0.29, 0.717) is 0 Å². The third kappa shape index (κ3) is 3.92. The number of benzene rings is 3. The lowest BCUT2D eigenvalue weighted by Gasteiger charge is -2.14. The molecule has 0 aliphatic carbocycles. The van der Waals surface area contributed by atoms with Gasteiger partial charge in [0.2, 0.25) is 0 Å². The molecule has 1 heterocycles. The molecular formula is C23H15N3O7. The van der Waals surface area contributed by atoms with Crippen LogP contribution >= 0.6 is 0 Å². The van der Waals surface area contributed by atoms with E-state index in [1.807, 2.05) is 0 Å². The molecule has 0 atom stereocenters. The third-order valence-electron chi connectivity index (χ3n) is 5.01. The summed E-state index contributed by atoms with van der Waals surface area (Å²) in [6, 6.07) is 15.3. The second-order valence-corrected chi connectivity index (χ2v) is 7.01. The average molecular weight is 445 g/mol. The quantitative estimate of drug-likeness (QED) is 0.275. The lowest BCUT2D eigenvalue weighted by molar-refractivity contribution is -0.384. The van der Waals surface area contributed by atoms with Gasteiger partial charge in [-0.15, -0.1) is 0 Å². The number of hydrogen-bond donors (Lipinski definition) is 1. The minimum atomic E-state index is -0.608. The molecule has 1 aliphatic rings. The Balaban J connectivity index is 1.57. The Kier molecular flexibility index (Phi) is 5.41. The number of methoxy groups -OCH3 is 1. The number of rotatable bonds is 5. The molecule has 164 valence electrons. The first-order valence-corrected chi connectivity index (χ1v) is 9.57. The SMILES string of the molecule is COC(=O)c1ccc(N2C(=O)c3ccc(NC(=O)c4cccc([N+](=O)[O-])c4)cc3C2=O)cc1. The number of carbonyl (C=O) groups is 4. The number of nitrogens with one attached hydrogen (secondary N) is 1. The van der Waals surface area contributed by atoms with E-state index in [2.05, 4.69) is 10.1 Å². The van der Waals surface area contributed by atoms with E-state index in [0.717, 1.165) is 11.0 Å².